The van der Waals surface area contributed by atoms with Gasteiger partial charge in [0.1, 0.15) is 5.82 Å². The molecule has 0 spiro atoms. The van der Waals surface area contributed by atoms with Crippen molar-refractivity contribution >= 4 is 46.4 Å². The second-order valence-electron chi connectivity index (χ2n) is 18.2. The van der Waals surface area contributed by atoms with Gasteiger partial charge < -0.3 is 25.0 Å². The Hall–Kier alpha value is -6.22. The van der Waals surface area contributed by atoms with Crippen LogP contribution >= 0.6 is 0 Å². The first-order chi connectivity index (χ1) is 29.9. The molecule has 5 aromatic rings. The van der Waals surface area contributed by atoms with Gasteiger partial charge in [0.15, 0.2) is 5.82 Å². The third-order valence-corrected chi connectivity index (χ3v) is 12.9. The van der Waals surface area contributed by atoms with Gasteiger partial charge >= 0.3 is 17.8 Å². The molecule has 0 unspecified atom stereocenters. The molecular formula is C47H57N11O4. The van der Waals surface area contributed by atoms with E-state index in [0.717, 1.165) is 104 Å². The lowest BCUT2D eigenvalue weighted by atomic mass is 9.95. The quantitative estimate of drug-likeness (QED) is 0.148. The Kier molecular flexibility index (Phi) is 11.2. The summed E-state index contributed by atoms with van der Waals surface area (Å²) in [6.45, 7) is 19.0. The Balaban J connectivity index is 0.753. The molecule has 3 saturated heterocycles. The summed E-state index contributed by atoms with van der Waals surface area (Å²) in [7, 11) is 0. The predicted molar refractivity (Wildman–Crippen MR) is 240 cm³/mol. The van der Waals surface area contributed by atoms with Crippen LogP contribution < -0.4 is 30.7 Å². The van der Waals surface area contributed by atoms with E-state index in [0.29, 0.717) is 31.3 Å². The van der Waals surface area contributed by atoms with Crippen LogP contribution in [0.2, 0.25) is 0 Å². The molecule has 4 aliphatic rings. The van der Waals surface area contributed by atoms with E-state index in [2.05, 4.69) is 102 Å². The van der Waals surface area contributed by atoms with Crippen molar-refractivity contribution in [2.75, 3.05) is 72.4 Å². The van der Waals surface area contributed by atoms with E-state index in [1.165, 1.54) is 29.8 Å². The number of aromatic nitrogens is 4. The number of imide groups is 1. The first kappa shape index (κ1) is 41.1. The molecule has 0 radical (unpaired) electrons. The molecule has 0 saturated carbocycles. The molecule has 3 N–H and O–H groups in total. The topological polar surface area (TPSA) is 157 Å². The molecule has 324 valence electrons. The maximum Gasteiger partial charge on any atom is 0.328 e. The summed E-state index contributed by atoms with van der Waals surface area (Å²) in [6.07, 6.45) is 3.56. The smallest absolute Gasteiger partial charge is 0.328 e. The minimum Gasteiger partial charge on any atom is -0.372 e. The maximum atomic E-state index is 12.7. The van der Waals surface area contributed by atoms with Crippen molar-refractivity contribution in [3.63, 3.8) is 0 Å². The number of piperazine rings is 1. The number of nitrogens with zero attached hydrogens (tertiary/aromatic N) is 8. The van der Waals surface area contributed by atoms with Crippen LogP contribution in [-0.2, 0) is 29.7 Å². The lowest BCUT2D eigenvalue weighted by Crippen LogP contribution is -2.49. The van der Waals surface area contributed by atoms with Crippen molar-refractivity contribution < 1.29 is 18.9 Å². The number of carbonyl (C=O) groups is 3. The van der Waals surface area contributed by atoms with Gasteiger partial charge in [-0.05, 0) is 104 Å². The molecule has 4 aliphatic heterocycles. The number of fused-ring (bicyclic) bond motifs is 2. The van der Waals surface area contributed by atoms with Crippen LogP contribution in [0.15, 0.2) is 65.2 Å². The summed E-state index contributed by atoms with van der Waals surface area (Å²) < 4.78 is 7.32. The molecule has 3 aromatic carbocycles. The van der Waals surface area contributed by atoms with Crippen LogP contribution in [0.4, 0.5) is 33.4 Å². The minimum absolute atomic E-state index is 0.0294. The molecule has 2 aromatic heterocycles. The van der Waals surface area contributed by atoms with Gasteiger partial charge in [-0.25, -0.2) is 9.48 Å². The van der Waals surface area contributed by atoms with Gasteiger partial charge in [-0.3, -0.25) is 24.7 Å². The number of hydrogen-bond acceptors (Lipinski definition) is 11. The van der Waals surface area contributed by atoms with Crippen molar-refractivity contribution in [3.05, 3.63) is 94.6 Å². The van der Waals surface area contributed by atoms with Crippen LogP contribution in [0.1, 0.15) is 78.8 Å². The molecule has 62 heavy (non-hydrogen) atoms. The number of benzene rings is 3. The fourth-order valence-electron chi connectivity index (χ4n) is 9.10. The van der Waals surface area contributed by atoms with Crippen molar-refractivity contribution in [3.8, 4) is 11.3 Å². The highest BCUT2D eigenvalue weighted by molar-refractivity contribution is 6.05. The van der Waals surface area contributed by atoms with Crippen molar-refractivity contribution in [2.24, 2.45) is 5.92 Å². The zero-order valence-corrected chi connectivity index (χ0v) is 36.5. The lowest BCUT2D eigenvalue weighted by molar-refractivity contribution is -0.120. The standard InChI is InChI=1S/C47H57N11O4/c1-30-26-34(6-7-35(30)28-48-43(60)44-51-45(53-62-44)47(3,4)5)41-31(2)42-49-39-13-12-38(27-33(39)16-21-58(42)52-41)56-24-22-54(23-25-56)29-32-14-18-55(19-15-32)36-8-10-37(11-9-36)57-20-17-40(59)50-46(57)61/h6-13,26-27,32,49H,14-25,28-29H2,1-5H3,(H,48,60)(H,50,59,61). The van der Waals surface area contributed by atoms with Gasteiger partial charge in [0, 0.05) is 111 Å². The first-order valence-electron chi connectivity index (χ1n) is 22.0. The van der Waals surface area contributed by atoms with Crippen LogP contribution in [-0.4, -0.2) is 95.0 Å². The van der Waals surface area contributed by atoms with Gasteiger partial charge in [0.05, 0.1) is 5.69 Å². The average Bonchev–Trinajstić information content (AvgIpc) is 3.84. The Morgan fingerprint density at radius 3 is 2.26 bits per heavy atom. The number of anilines is 5. The van der Waals surface area contributed by atoms with Crippen LogP contribution in [0, 0.1) is 19.8 Å². The Labute approximate surface area is 362 Å². The number of urea groups is 1. The van der Waals surface area contributed by atoms with Crippen molar-refractivity contribution in [1.82, 2.24) is 35.5 Å². The summed E-state index contributed by atoms with van der Waals surface area (Å²) in [5.41, 5.74) is 10.6. The summed E-state index contributed by atoms with van der Waals surface area (Å²) in [5, 5.41) is 18.1. The molecule has 0 atom stereocenters. The molecule has 15 nitrogen and oxygen atoms in total. The second kappa shape index (κ2) is 16.9. The van der Waals surface area contributed by atoms with Crippen molar-refractivity contribution in [2.45, 2.75) is 78.8 Å². The van der Waals surface area contributed by atoms with E-state index >= 15 is 0 Å². The number of amides is 4. The van der Waals surface area contributed by atoms with Gasteiger partial charge in [-0.15, -0.1) is 0 Å². The van der Waals surface area contributed by atoms with Gasteiger partial charge in [0.25, 0.3) is 0 Å². The predicted octanol–water partition coefficient (Wildman–Crippen LogP) is 6.56. The Bertz CT molecular complexity index is 2470. The van der Waals surface area contributed by atoms with Crippen LogP contribution in [0.3, 0.4) is 0 Å². The maximum absolute atomic E-state index is 12.7. The van der Waals surface area contributed by atoms with E-state index in [4.69, 9.17) is 9.62 Å². The van der Waals surface area contributed by atoms with Crippen LogP contribution in [0.25, 0.3) is 11.3 Å². The zero-order valence-electron chi connectivity index (χ0n) is 36.5. The van der Waals surface area contributed by atoms with E-state index < -0.39 is 0 Å². The van der Waals surface area contributed by atoms with Gasteiger partial charge in [0.2, 0.25) is 5.91 Å². The highest BCUT2D eigenvalue weighted by atomic mass is 16.5. The highest BCUT2D eigenvalue weighted by Crippen LogP contribution is 2.36. The molecule has 15 heteroatoms. The molecule has 9 rings (SSSR count). The van der Waals surface area contributed by atoms with E-state index in [1.54, 1.807) is 4.90 Å². The fourth-order valence-corrected chi connectivity index (χ4v) is 9.10. The number of rotatable bonds is 9. The normalized spacial score (nSPS) is 17.6. The van der Waals surface area contributed by atoms with E-state index in [9.17, 15) is 14.4 Å². The summed E-state index contributed by atoms with van der Waals surface area (Å²) in [6, 6.07) is 20.9. The third-order valence-electron chi connectivity index (χ3n) is 12.9. The van der Waals surface area contributed by atoms with Gasteiger partial charge in [-0.1, -0.05) is 38.1 Å². The third kappa shape index (κ3) is 8.63. The minimum atomic E-state index is -0.388. The van der Waals surface area contributed by atoms with Crippen LogP contribution in [0.5, 0.6) is 0 Å². The molecule has 3 fully saturated rings. The van der Waals surface area contributed by atoms with E-state index in [1.807, 2.05) is 39.0 Å². The van der Waals surface area contributed by atoms with Crippen molar-refractivity contribution in [1.29, 1.82) is 0 Å². The molecular weight excluding hydrogens is 783 g/mol. The Morgan fingerprint density at radius 1 is 0.823 bits per heavy atom. The van der Waals surface area contributed by atoms with E-state index in [-0.39, 0.29) is 29.2 Å². The zero-order chi connectivity index (χ0) is 43.1. The highest BCUT2D eigenvalue weighted by Gasteiger charge is 2.28. The summed E-state index contributed by atoms with van der Waals surface area (Å²) in [4.78, 5) is 50.1. The molecule has 0 bridgehead atoms. The SMILES string of the molecule is Cc1cc(-c2nn3c(c2C)Nc2ccc(N4CCN(CC5CCN(c6ccc(N7CCC(=O)NC7=O)cc6)CC5)CC4)cc2CC3)ccc1CNC(=O)c1nc(C(C)(C)C)no1. The number of piperidine rings is 1. The first-order valence-corrected chi connectivity index (χ1v) is 22.0. The number of nitrogens with one attached hydrogen (secondary N) is 3. The molecule has 6 heterocycles. The number of aryl methyl sites for hydroxylation is 3. The largest absolute Gasteiger partial charge is 0.372 e. The summed E-state index contributed by atoms with van der Waals surface area (Å²) >= 11 is 0. The average molecular weight is 840 g/mol. The summed E-state index contributed by atoms with van der Waals surface area (Å²) in [5.74, 6) is 1.58. The second-order valence-corrected chi connectivity index (χ2v) is 18.2. The van der Waals surface area contributed by atoms with Gasteiger partial charge in [-0.2, -0.15) is 10.1 Å². The number of hydrogen-bond donors (Lipinski definition) is 3. The molecule has 0 aliphatic carbocycles. The molecule has 4 amide bonds. The Morgan fingerprint density at radius 2 is 1.55 bits per heavy atom. The monoisotopic (exact) mass is 839 g/mol. The fraction of sp³-hybridized carbons (Fsp3) is 0.447. The number of carbonyl (C=O) groups excluding carboxylic acids is 3. The lowest BCUT2D eigenvalue weighted by Gasteiger charge is -2.40.